The van der Waals surface area contributed by atoms with Gasteiger partial charge in [0.05, 0.1) is 6.61 Å². The second-order valence-corrected chi connectivity index (χ2v) is 6.44. The first-order valence-corrected chi connectivity index (χ1v) is 8.97. The van der Waals surface area contributed by atoms with E-state index in [1.807, 2.05) is 45.0 Å². The van der Waals surface area contributed by atoms with Crippen molar-refractivity contribution < 1.29 is 19.1 Å². The van der Waals surface area contributed by atoms with Crippen LogP contribution in [0.1, 0.15) is 27.7 Å². The maximum atomic E-state index is 12.4. The number of carbonyl (C=O) groups is 2. The Morgan fingerprint density at radius 3 is 1.93 bits per heavy atom. The van der Waals surface area contributed by atoms with Gasteiger partial charge in [0, 0.05) is 12.6 Å². The molecule has 2 aromatic rings. The Labute approximate surface area is 159 Å². The van der Waals surface area contributed by atoms with Crippen molar-refractivity contribution in [1.29, 1.82) is 0 Å². The summed E-state index contributed by atoms with van der Waals surface area (Å²) in [6.45, 7) is 7.72. The SMILES string of the molecule is CCOc1ccc(Oc2ccc(NC(=O)C(NC(C)=O)C(C)C)cc2)cc1. The zero-order valence-electron chi connectivity index (χ0n) is 16.1. The van der Waals surface area contributed by atoms with Gasteiger partial charge in [0.15, 0.2) is 0 Å². The highest BCUT2D eigenvalue weighted by atomic mass is 16.5. The number of ether oxygens (including phenoxy) is 2. The zero-order valence-corrected chi connectivity index (χ0v) is 16.1. The molecule has 1 atom stereocenters. The Kier molecular flexibility index (Phi) is 7.23. The van der Waals surface area contributed by atoms with E-state index >= 15 is 0 Å². The van der Waals surface area contributed by atoms with Crippen LogP contribution in [0.25, 0.3) is 0 Å². The van der Waals surface area contributed by atoms with Crippen molar-refractivity contribution in [3.63, 3.8) is 0 Å². The maximum Gasteiger partial charge on any atom is 0.247 e. The fraction of sp³-hybridized carbons (Fsp3) is 0.333. The minimum atomic E-state index is -0.581. The molecule has 144 valence electrons. The van der Waals surface area contributed by atoms with Gasteiger partial charge >= 0.3 is 0 Å². The van der Waals surface area contributed by atoms with Gasteiger partial charge < -0.3 is 20.1 Å². The molecule has 0 bridgehead atoms. The van der Waals surface area contributed by atoms with Crippen molar-refractivity contribution in [2.75, 3.05) is 11.9 Å². The first-order chi connectivity index (χ1) is 12.9. The molecule has 0 aliphatic heterocycles. The summed E-state index contributed by atoms with van der Waals surface area (Å²) in [5.41, 5.74) is 0.634. The number of carbonyl (C=O) groups excluding carboxylic acids is 2. The second-order valence-electron chi connectivity index (χ2n) is 6.44. The van der Waals surface area contributed by atoms with Crippen LogP contribution < -0.4 is 20.1 Å². The van der Waals surface area contributed by atoms with E-state index < -0.39 is 6.04 Å². The van der Waals surface area contributed by atoms with Gasteiger partial charge in [0.2, 0.25) is 11.8 Å². The lowest BCUT2D eigenvalue weighted by Gasteiger charge is -2.21. The molecule has 0 fully saturated rings. The van der Waals surface area contributed by atoms with Gasteiger partial charge in [-0.05, 0) is 61.4 Å². The topological polar surface area (TPSA) is 76.7 Å². The molecule has 0 heterocycles. The van der Waals surface area contributed by atoms with Gasteiger partial charge in [-0.25, -0.2) is 0 Å². The van der Waals surface area contributed by atoms with Crippen LogP contribution in [0, 0.1) is 5.92 Å². The third-order valence-electron chi connectivity index (χ3n) is 3.80. The molecule has 6 heteroatoms. The lowest BCUT2D eigenvalue weighted by molar-refractivity contribution is -0.126. The number of anilines is 1. The van der Waals surface area contributed by atoms with Crippen molar-refractivity contribution >= 4 is 17.5 Å². The van der Waals surface area contributed by atoms with Crippen molar-refractivity contribution in [2.24, 2.45) is 5.92 Å². The summed E-state index contributed by atoms with van der Waals surface area (Å²) in [5.74, 6) is 1.64. The first kappa shape index (κ1) is 20.3. The fourth-order valence-electron chi connectivity index (χ4n) is 2.49. The molecule has 2 rings (SSSR count). The summed E-state index contributed by atoms with van der Waals surface area (Å²) in [6.07, 6.45) is 0. The van der Waals surface area contributed by atoms with E-state index in [1.165, 1.54) is 6.92 Å². The van der Waals surface area contributed by atoms with E-state index in [1.54, 1.807) is 24.3 Å². The average Bonchev–Trinajstić information content (AvgIpc) is 2.63. The molecule has 2 N–H and O–H groups in total. The van der Waals surface area contributed by atoms with Gasteiger partial charge in [-0.2, -0.15) is 0 Å². The summed E-state index contributed by atoms with van der Waals surface area (Å²) in [7, 11) is 0. The third-order valence-corrected chi connectivity index (χ3v) is 3.80. The summed E-state index contributed by atoms with van der Waals surface area (Å²) >= 11 is 0. The Morgan fingerprint density at radius 2 is 1.44 bits per heavy atom. The van der Waals surface area contributed by atoms with Gasteiger partial charge in [0.1, 0.15) is 23.3 Å². The van der Waals surface area contributed by atoms with Gasteiger partial charge in [-0.1, -0.05) is 13.8 Å². The third kappa shape index (κ3) is 6.33. The van der Waals surface area contributed by atoms with Crippen molar-refractivity contribution in [3.05, 3.63) is 48.5 Å². The lowest BCUT2D eigenvalue weighted by Crippen LogP contribution is -2.46. The molecular weight excluding hydrogens is 344 g/mol. The van der Waals surface area contributed by atoms with E-state index in [9.17, 15) is 9.59 Å². The molecule has 0 aromatic heterocycles. The van der Waals surface area contributed by atoms with Gasteiger partial charge in [-0.3, -0.25) is 9.59 Å². The summed E-state index contributed by atoms with van der Waals surface area (Å²) < 4.78 is 11.2. The molecule has 1 unspecified atom stereocenters. The number of rotatable bonds is 8. The number of nitrogens with one attached hydrogen (secondary N) is 2. The van der Waals surface area contributed by atoms with Crippen LogP contribution in [0.5, 0.6) is 17.2 Å². The molecule has 27 heavy (non-hydrogen) atoms. The molecule has 0 aliphatic rings. The molecule has 2 amide bonds. The van der Waals surface area contributed by atoms with E-state index in [-0.39, 0.29) is 17.7 Å². The minimum absolute atomic E-state index is 0.0174. The molecule has 0 aliphatic carbocycles. The molecule has 0 radical (unpaired) electrons. The van der Waals surface area contributed by atoms with Crippen molar-refractivity contribution in [1.82, 2.24) is 5.32 Å². The van der Waals surface area contributed by atoms with Crippen molar-refractivity contribution in [3.8, 4) is 17.2 Å². The van der Waals surface area contributed by atoms with Crippen LogP contribution in [-0.2, 0) is 9.59 Å². The van der Waals surface area contributed by atoms with E-state index in [0.29, 0.717) is 23.8 Å². The van der Waals surface area contributed by atoms with Crippen LogP contribution in [-0.4, -0.2) is 24.5 Å². The molecule has 2 aromatic carbocycles. The molecule has 6 nitrogen and oxygen atoms in total. The minimum Gasteiger partial charge on any atom is -0.494 e. The van der Waals surface area contributed by atoms with Gasteiger partial charge in [-0.15, -0.1) is 0 Å². The largest absolute Gasteiger partial charge is 0.494 e. The first-order valence-electron chi connectivity index (χ1n) is 8.97. The second kappa shape index (κ2) is 9.62. The monoisotopic (exact) mass is 370 g/mol. The molecule has 0 saturated heterocycles. The van der Waals surface area contributed by atoms with E-state index in [0.717, 1.165) is 5.75 Å². The fourth-order valence-corrected chi connectivity index (χ4v) is 2.49. The summed E-state index contributed by atoms with van der Waals surface area (Å²) in [6, 6.07) is 13.8. The summed E-state index contributed by atoms with van der Waals surface area (Å²) in [4.78, 5) is 23.7. The number of benzene rings is 2. The highest BCUT2D eigenvalue weighted by molar-refractivity contribution is 5.97. The predicted molar refractivity (Wildman–Crippen MR) is 105 cm³/mol. The Hall–Kier alpha value is -3.02. The zero-order chi connectivity index (χ0) is 19.8. The molecule has 0 spiro atoms. The van der Waals surface area contributed by atoms with Crippen LogP contribution in [0.15, 0.2) is 48.5 Å². The standard InChI is InChI=1S/C21H26N2O4/c1-5-26-17-10-12-19(13-11-17)27-18-8-6-16(7-9-18)23-21(25)20(14(2)3)22-15(4)24/h6-14,20H,5H2,1-4H3,(H,22,24)(H,23,25). The van der Waals surface area contributed by atoms with Crippen LogP contribution in [0.4, 0.5) is 5.69 Å². The number of amides is 2. The van der Waals surface area contributed by atoms with Crippen LogP contribution in [0.2, 0.25) is 0 Å². The predicted octanol–water partition coefficient (Wildman–Crippen LogP) is 3.98. The quantitative estimate of drug-likeness (QED) is 0.737. The molecular formula is C21H26N2O4. The van der Waals surface area contributed by atoms with Crippen LogP contribution >= 0.6 is 0 Å². The van der Waals surface area contributed by atoms with E-state index in [4.69, 9.17) is 9.47 Å². The smallest absolute Gasteiger partial charge is 0.247 e. The Morgan fingerprint density at radius 1 is 0.926 bits per heavy atom. The van der Waals surface area contributed by atoms with Gasteiger partial charge in [0.25, 0.3) is 0 Å². The average molecular weight is 370 g/mol. The number of hydrogen-bond acceptors (Lipinski definition) is 4. The lowest BCUT2D eigenvalue weighted by atomic mass is 10.0. The maximum absolute atomic E-state index is 12.4. The van der Waals surface area contributed by atoms with Crippen LogP contribution in [0.3, 0.4) is 0 Å². The Balaban J connectivity index is 1.97. The summed E-state index contributed by atoms with van der Waals surface area (Å²) in [5, 5.41) is 5.49. The number of hydrogen-bond donors (Lipinski definition) is 2. The normalized spacial score (nSPS) is 11.6. The van der Waals surface area contributed by atoms with E-state index in [2.05, 4.69) is 10.6 Å². The molecule has 0 saturated carbocycles. The highest BCUT2D eigenvalue weighted by Crippen LogP contribution is 2.25. The van der Waals surface area contributed by atoms with Crippen molar-refractivity contribution in [2.45, 2.75) is 33.7 Å². The highest BCUT2D eigenvalue weighted by Gasteiger charge is 2.22. The Bertz CT molecular complexity index is 755.